The van der Waals surface area contributed by atoms with Crippen LogP contribution < -0.4 is 9.64 Å². The number of nitro benzene ring substituents is 1. The summed E-state index contributed by atoms with van der Waals surface area (Å²) in [5.74, 6) is 0.519. The lowest BCUT2D eigenvalue weighted by Crippen LogP contribution is -2.49. The fraction of sp³-hybridized carbons (Fsp3) is 0.429. The molecule has 1 atom stereocenters. The number of ether oxygens (including phenoxy) is 1. The van der Waals surface area contributed by atoms with Crippen LogP contribution in [0.1, 0.15) is 12.5 Å². The third-order valence-electron chi connectivity index (χ3n) is 5.04. The number of nitro groups is 1. The molecule has 1 heterocycles. The Labute approximate surface area is 165 Å². The highest BCUT2D eigenvalue weighted by Crippen LogP contribution is 2.22. The summed E-state index contributed by atoms with van der Waals surface area (Å²) in [5, 5.41) is 20.9. The normalized spacial score (nSPS) is 16.0. The van der Waals surface area contributed by atoms with Gasteiger partial charge >= 0.3 is 0 Å². The maximum atomic E-state index is 10.7. The summed E-state index contributed by atoms with van der Waals surface area (Å²) < 4.78 is 5.56. The molecular formula is C21H27N3O4. The largest absolute Gasteiger partial charge is 0.491 e. The van der Waals surface area contributed by atoms with Crippen LogP contribution in [0.3, 0.4) is 0 Å². The Morgan fingerprint density at radius 1 is 1.11 bits per heavy atom. The number of piperazine rings is 1. The van der Waals surface area contributed by atoms with Crippen molar-refractivity contribution < 1.29 is 14.8 Å². The van der Waals surface area contributed by atoms with E-state index in [4.69, 9.17) is 4.74 Å². The predicted molar refractivity (Wildman–Crippen MR) is 109 cm³/mol. The van der Waals surface area contributed by atoms with E-state index in [9.17, 15) is 15.2 Å². The molecule has 1 aliphatic rings. The van der Waals surface area contributed by atoms with E-state index in [1.54, 1.807) is 12.1 Å². The van der Waals surface area contributed by atoms with Crippen LogP contribution in [-0.2, 0) is 6.42 Å². The number of non-ortho nitro benzene ring substituents is 1. The Balaban J connectivity index is 1.43. The van der Waals surface area contributed by atoms with Gasteiger partial charge in [0.1, 0.15) is 18.5 Å². The molecule has 7 nitrogen and oxygen atoms in total. The Morgan fingerprint density at radius 3 is 2.43 bits per heavy atom. The Bertz CT molecular complexity index is 773. The average molecular weight is 385 g/mol. The lowest BCUT2D eigenvalue weighted by Gasteiger charge is -2.37. The number of rotatable bonds is 8. The van der Waals surface area contributed by atoms with Gasteiger partial charge in [-0.3, -0.25) is 15.0 Å². The van der Waals surface area contributed by atoms with Gasteiger partial charge in [0.15, 0.2) is 0 Å². The topological polar surface area (TPSA) is 79.1 Å². The number of aliphatic hydroxyl groups is 1. The van der Waals surface area contributed by atoms with Crippen molar-refractivity contribution in [2.75, 3.05) is 44.2 Å². The minimum absolute atomic E-state index is 0.0235. The van der Waals surface area contributed by atoms with Crippen LogP contribution >= 0.6 is 0 Å². The zero-order valence-electron chi connectivity index (χ0n) is 16.2. The fourth-order valence-electron chi connectivity index (χ4n) is 3.50. The number of aliphatic hydroxyl groups excluding tert-OH is 1. The molecule has 0 saturated carbocycles. The molecule has 0 bridgehead atoms. The van der Waals surface area contributed by atoms with Crippen LogP contribution in [0.5, 0.6) is 5.75 Å². The number of hydrogen-bond acceptors (Lipinski definition) is 6. The molecule has 28 heavy (non-hydrogen) atoms. The zero-order chi connectivity index (χ0) is 19.9. The number of aryl methyl sites for hydroxylation is 1. The first-order chi connectivity index (χ1) is 13.6. The molecule has 1 aliphatic heterocycles. The summed E-state index contributed by atoms with van der Waals surface area (Å²) in [6, 6.07) is 14.4. The molecule has 2 aromatic carbocycles. The van der Waals surface area contributed by atoms with Gasteiger partial charge in [-0.1, -0.05) is 25.1 Å². The van der Waals surface area contributed by atoms with Gasteiger partial charge in [-0.25, -0.2) is 0 Å². The number of anilines is 1. The first-order valence-electron chi connectivity index (χ1n) is 9.67. The van der Waals surface area contributed by atoms with Gasteiger partial charge in [0, 0.05) is 50.5 Å². The second-order valence-electron chi connectivity index (χ2n) is 6.99. The number of para-hydroxylation sites is 1. The molecule has 1 fully saturated rings. The third-order valence-corrected chi connectivity index (χ3v) is 5.04. The molecule has 1 saturated heterocycles. The maximum Gasteiger partial charge on any atom is 0.269 e. The van der Waals surface area contributed by atoms with Crippen LogP contribution in [0.25, 0.3) is 0 Å². The molecule has 3 rings (SSSR count). The van der Waals surface area contributed by atoms with Gasteiger partial charge < -0.3 is 14.7 Å². The van der Waals surface area contributed by atoms with Crippen LogP contribution in [0.2, 0.25) is 0 Å². The van der Waals surface area contributed by atoms with Crippen molar-refractivity contribution >= 4 is 11.4 Å². The highest BCUT2D eigenvalue weighted by Gasteiger charge is 2.21. The summed E-state index contributed by atoms with van der Waals surface area (Å²) in [4.78, 5) is 14.9. The fourth-order valence-corrected chi connectivity index (χ4v) is 3.50. The van der Waals surface area contributed by atoms with Crippen molar-refractivity contribution in [3.63, 3.8) is 0 Å². The lowest BCUT2D eigenvalue weighted by atomic mass is 10.1. The number of nitrogens with zero attached hydrogens (tertiary/aromatic N) is 3. The van der Waals surface area contributed by atoms with Crippen molar-refractivity contribution in [2.24, 2.45) is 0 Å². The van der Waals surface area contributed by atoms with E-state index in [2.05, 4.69) is 41.0 Å². The van der Waals surface area contributed by atoms with E-state index >= 15 is 0 Å². The van der Waals surface area contributed by atoms with Gasteiger partial charge in [-0.2, -0.15) is 0 Å². The van der Waals surface area contributed by atoms with Crippen molar-refractivity contribution in [1.29, 1.82) is 0 Å². The van der Waals surface area contributed by atoms with E-state index in [0.717, 1.165) is 32.6 Å². The van der Waals surface area contributed by atoms with Crippen LogP contribution in [0, 0.1) is 10.1 Å². The predicted octanol–water partition coefficient (Wildman–Crippen LogP) is 2.72. The SMILES string of the molecule is CCc1ccccc1N1CCN(CC(O)COc2ccc([N+](=O)[O-])cc2)CC1. The van der Waals surface area contributed by atoms with E-state index in [-0.39, 0.29) is 12.3 Å². The molecule has 150 valence electrons. The second kappa shape index (κ2) is 9.52. The number of hydrogen-bond donors (Lipinski definition) is 1. The van der Waals surface area contributed by atoms with Gasteiger partial charge in [-0.15, -0.1) is 0 Å². The van der Waals surface area contributed by atoms with Crippen molar-refractivity contribution in [3.05, 3.63) is 64.2 Å². The van der Waals surface area contributed by atoms with Crippen LogP contribution in [0.4, 0.5) is 11.4 Å². The molecule has 0 aromatic heterocycles. The van der Waals surface area contributed by atoms with E-state index < -0.39 is 11.0 Å². The van der Waals surface area contributed by atoms with Crippen LogP contribution in [0.15, 0.2) is 48.5 Å². The van der Waals surface area contributed by atoms with Crippen molar-refractivity contribution in [1.82, 2.24) is 4.90 Å². The Morgan fingerprint density at radius 2 is 1.79 bits per heavy atom. The first kappa shape index (κ1) is 20.1. The van der Waals surface area contributed by atoms with Crippen LogP contribution in [-0.4, -0.2) is 60.4 Å². The summed E-state index contributed by atoms with van der Waals surface area (Å²) in [6.07, 6.45) is 0.416. The smallest absolute Gasteiger partial charge is 0.269 e. The van der Waals surface area contributed by atoms with E-state index in [1.165, 1.54) is 23.4 Å². The number of benzene rings is 2. The van der Waals surface area contributed by atoms with E-state index in [0.29, 0.717) is 12.3 Å². The summed E-state index contributed by atoms with van der Waals surface area (Å²) in [6.45, 7) is 6.56. The highest BCUT2D eigenvalue weighted by atomic mass is 16.6. The minimum Gasteiger partial charge on any atom is -0.491 e. The molecule has 0 spiro atoms. The lowest BCUT2D eigenvalue weighted by molar-refractivity contribution is -0.384. The standard InChI is InChI=1S/C21H27N3O4/c1-2-17-5-3-4-6-21(17)23-13-11-22(12-14-23)15-19(25)16-28-20-9-7-18(8-10-20)24(26)27/h3-10,19,25H,2,11-16H2,1H3. The summed E-state index contributed by atoms with van der Waals surface area (Å²) in [7, 11) is 0. The minimum atomic E-state index is -0.607. The van der Waals surface area contributed by atoms with E-state index in [1.807, 2.05) is 0 Å². The van der Waals surface area contributed by atoms with Crippen molar-refractivity contribution in [3.8, 4) is 5.75 Å². The summed E-state index contributed by atoms with van der Waals surface area (Å²) in [5.41, 5.74) is 2.70. The van der Waals surface area contributed by atoms with Crippen molar-refractivity contribution in [2.45, 2.75) is 19.4 Å². The van der Waals surface area contributed by atoms with Gasteiger partial charge in [0.05, 0.1) is 4.92 Å². The monoisotopic (exact) mass is 385 g/mol. The number of β-amino-alcohol motifs (C(OH)–C–C–N with tert-alkyl or cyclic N) is 1. The Hall–Kier alpha value is -2.64. The summed E-state index contributed by atoms with van der Waals surface area (Å²) >= 11 is 0. The first-order valence-corrected chi connectivity index (χ1v) is 9.67. The molecular weight excluding hydrogens is 358 g/mol. The molecule has 7 heteroatoms. The molecule has 0 amide bonds. The highest BCUT2D eigenvalue weighted by molar-refractivity contribution is 5.54. The molecule has 1 unspecified atom stereocenters. The zero-order valence-corrected chi connectivity index (χ0v) is 16.2. The quantitative estimate of drug-likeness (QED) is 0.556. The Kier molecular flexibility index (Phi) is 6.84. The second-order valence-corrected chi connectivity index (χ2v) is 6.99. The average Bonchev–Trinajstić information content (AvgIpc) is 2.73. The molecule has 1 N–H and O–H groups in total. The maximum absolute atomic E-state index is 10.7. The van der Waals surface area contributed by atoms with Gasteiger partial charge in [0.2, 0.25) is 0 Å². The third kappa shape index (κ3) is 5.21. The van der Waals surface area contributed by atoms with Gasteiger partial charge in [0.25, 0.3) is 5.69 Å². The molecule has 2 aromatic rings. The van der Waals surface area contributed by atoms with Gasteiger partial charge in [-0.05, 0) is 30.2 Å². The molecule has 0 aliphatic carbocycles. The molecule has 0 radical (unpaired) electrons.